The monoisotopic (exact) mass is 385 g/mol. The van der Waals surface area contributed by atoms with Gasteiger partial charge in [0.15, 0.2) is 0 Å². The van der Waals surface area contributed by atoms with Gasteiger partial charge in [0.25, 0.3) is 5.91 Å². The Kier molecular flexibility index (Phi) is 10.4. The molecular formula is C11H23N5O8S. The first-order chi connectivity index (χ1) is 11.6. The second-order valence-corrected chi connectivity index (χ2v) is 5.64. The maximum absolute atomic E-state index is 12.2. The van der Waals surface area contributed by atoms with Gasteiger partial charge in [-0.05, 0) is 13.3 Å². The van der Waals surface area contributed by atoms with Crippen LogP contribution in [0.2, 0.25) is 0 Å². The third-order valence-corrected chi connectivity index (χ3v) is 3.05. The quantitative estimate of drug-likeness (QED) is 0.164. The molecule has 14 heteroatoms. The summed E-state index contributed by atoms with van der Waals surface area (Å²) in [5.74, 6) is -0.662. The number of rotatable bonds is 11. The number of urea groups is 2. The topological polar surface area (TPSA) is 189 Å². The number of likely N-dealkylation sites (N-methyl/N-ethyl adjacent to an activating group) is 1. The van der Waals surface area contributed by atoms with Crippen LogP contribution in [-0.4, -0.2) is 61.6 Å². The van der Waals surface area contributed by atoms with Crippen molar-refractivity contribution in [2.75, 3.05) is 19.7 Å². The molecule has 13 nitrogen and oxygen atoms in total. The van der Waals surface area contributed by atoms with Crippen LogP contribution in [0.25, 0.3) is 0 Å². The first-order valence-corrected chi connectivity index (χ1v) is 8.66. The minimum absolute atomic E-state index is 0.0436. The van der Waals surface area contributed by atoms with Crippen LogP contribution in [0.15, 0.2) is 0 Å². The molecule has 0 unspecified atom stereocenters. The molecule has 0 fully saturated rings. The number of carbonyl (C=O) groups excluding carboxylic acids is 3. The zero-order valence-electron chi connectivity index (χ0n) is 13.9. The van der Waals surface area contributed by atoms with Crippen molar-refractivity contribution in [3.05, 3.63) is 0 Å². The number of carbonyl (C=O) groups is 3. The van der Waals surface area contributed by atoms with Gasteiger partial charge in [0.05, 0.1) is 6.61 Å². The van der Waals surface area contributed by atoms with Gasteiger partial charge in [-0.3, -0.25) is 14.2 Å². The van der Waals surface area contributed by atoms with Gasteiger partial charge >= 0.3 is 22.5 Å². The number of nitrogens with one attached hydrogen (secondary N) is 3. The summed E-state index contributed by atoms with van der Waals surface area (Å²) >= 11 is 0. The Morgan fingerprint density at radius 3 is 2.36 bits per heavy atom. The highest BCUT2D eigenvalue weighted by atomic mass is 32.3. The Morgan fingerprint density at radius 1 is 1.24 bits per heavy atom. The Balaban J connectivity index is 4.70. The average molecular weight is 385 g/mol. The predicted octanol–water partition coefficient (Wildman–Crippen LogP) is -1.36. The lowest BCUT2D eigenvalue weighted by molar-refractivity contribution is -0.138. The lowest BCUT2D eigenvalue weighted by atomic mass is 10.1. The second kappa shape index (κ2) is 11.4. The smallest absolute Gasteiger partial charge is 0.352 e. The van der Waals surface area contributed by atoms with Crippen LogP contribution in [-0.2, 0) is 24.3 Å². The Morgan fingerprint density at radius 2 is 1.88 bits per heavy atom. The van der Waals surface area contributed by atoms with Gasteiger partial charge in [-0.2, -0.15) is 13.9 Å². The van der Waals surface area contributed by atoms with E-state index in [4.69, 9.17) is 15.1 Å². The summed E-state index contributed by atoms with van der Waals surface area (Å²) in [5.41, 5.74) is 8.50. The predicted molar refractivity (Wildman–Crippen MR) is 83.9 cm³/mol. The molecule has 25 heavy (non-hydrogen) atoms. The lowest BCUT2D eigenvalue weighted by Crippen LogP contribution is -2.53. The molecule has 0 aliphatic rings. The van der Waals surface area contributed by atoms with Crippen molar-refractivity contribution in [3.8, 4) is 0 Å². The largest absolute Gasteiger partial charge is 0.418 e. The third-order valence-electron chi connectivity index (χ3n) is 2.75. The van der Waals surface area contributed by atoms with Crippen LogP contribution in [0.4, 0.5) is 9.59 Å². The van der Waals surface area contributed by atoms with Crippen molar-refractivity contribution in [1.29, 1.82) is 0 Å². The SMILES string of the molecule is CCC[C@@H](C(=O)NOCCNC(N)=O)N(CC)C(=O)NOS(=O)(=O)O. The molecule has 5 amide bonds. The van der Waals surface area contributed by atoms with Crippen LogP contribution in [0.5, 0.6) is 0 Å². The molecule has 1 atom stereocenters. The van der Waals surface area contributed by atoms with E-state index in [1.807, 2.05) is 0 Å². The molecule has 0 aliphatic carbocycles. The highest BCUT2D eigenvalue weighted by Crippen LogP contribution is 2.08. The minimum atomic E-state index is -4.88. The van der Waals surface area contributed by atoms with E-state index in [0.29, 0.717) is 6.42 Å². The third kappa shape index (κ3) is 10.3. The van der Waals surface area contributed by atoms with E-state index in [1.165, 1.54) is 5.48 Å². The fraction of sp³-hybridized carbons (Fsp3) is 0.727. The molecule has 0 saturated heterocycles. The molecule has 6 N–H and O–H groups in total. The van der Waals surface area contributed by atoms with Crippen LogP contribution < -0.4 is 22.0 Å². The van der Waals surface area contributed by atoms with Crippen LogP contribution in [0.1, 0.15) is 26.7 Å². The number of hydrogen-bond acceptors (Lipinski definition) is 7. The highest BCUT2D eigenvalue weighted by molar-refractivity contribution is 7.80. The van der Waals surface area contributed by atoms with Gasteiger partial charge in [-0.25, -0.2) is 15.1 Å². The van der Waals surface area contributed by atoms with Gasteiger partial charge in [-0.15, -0.1) is 4.28 Å². The standard InChI is InChI=1S/C11H23N5O8S/c1-3-5-8(9(17)14-23-7-6-13-10(12)18)16(4-2)11(19)15-24-25(20,21)22/h8H,3-7H2,1-2H3,(H,14,17)(H,15,19)(H3,12,13,18)(H,20,21,22)/t8-/m0/s1. The van der Waals surface area contributed by atoms with Crippen molar-refractivity contribution in [3.63, 3.8) is 0 Å². The summed E-state index contributed by atoms with van der Waals surface area (Å²) in [7, 11) is -4.88. The maximum Gasteiger partial charge on any atom is 0.418 e. The highest BCUT2D eigenvalue weighted by Gasteiger charge is 2.29. The number of nitrogens with zero attached hydrogens (tertiary/aromatic N) is 1. The summed E-state index contributed by atoms with van der Waals surface area (Å²) in [6.07, 6.45) is 0.784. The lowest BCUT2D eigenvalue weighted by Gasteiger charge is -2.29. The first-order valence-electron chi connectivity index (χ1n) is 7.29. The van der Waals surface area contributed by atoms with Crippen molar-refractivity contribution in [2.45, 2.75) is 32.7 Å². The zero-order valence-corrected chi connectivity index (χ0v) is 14.7. The number of hydroxylamine groups is 2. The summed E-state index contributed by atoms with van der Waals surface area (Å²) in [4.78, 5) is 40.4. The fourth-order valence-corrected chi connectivity index (χ4v) is 1.95. The summed E-state index contributed by atoms with van der Waals surface area (Å²) in [6.45, 7) is 3.38. The van der Waals surface area contributed by atoms with E-state index in [9.17, 15) is 22.8 Å². The number of nitrogens with two attached hydrogens (primary N) is 1. The summed E-state index contributed by atoms with van der Waals surface area (Å²) in [5, 5.41) is 2.25. The first kappa shape index (κ1) is 22.8. The minimum Gasteiger partial charge on any atom is -0.352 e. The van der Waals surface area contributed by atoms with E-state index < -0.39 is 34.4 Å². The molecule has 0 aromatic carbocycles. The molecule has 0 rings (SSSR count). The fourth-order valence-electron chi connectivity index (χ4n) is 1.77. The molecular weight excluding hydrogens is 362 g/mol. The number of primary amides is 1. The summed E-state index contributed by atoms with van der Waals surface area (Å²) < 4.78 is 33.2. The molecule has 0 aromatic heterocycles. The second-order valence-electron chi connectivity index (χ2n) is 4.61. The molecule has 0 spiro atoms. The van der Waals surface area contributed by atoms with Crippen LogP contribution in [0, 0.1) is 0 Å². The van der Waals surface area contributed by atoms with E-state index >= 15 is 0 Å². The van der Waals surface area contributed by atoms with Gasteiger partial charge in [-0.1, -0.05) is 13.3 Å². The van der Waals surface area contributed by atoms with Crippen molar-refractivity contribution >= 4 is 28.4 Å². The Labute approximate surface area is 145 Å². The number of hydrogen-bond donors (Lipinski definition) is 5. The van der Waals surface area contributed by atoms with Gasteiger partial charge in [0, 0.05) is 13.1 Å². The van der Waals surface area contributed by atoms with E-state index in [0.717, 1.165) is 4.90 Å². The molecule has 0 aromatic rings. The molecule has 0 heterocycles. The zero-order chi connectivity index (χ0) is 19.5. The molecule has 0 bridgehead atoms. The summed E-state index contributed by atoms with van der Waals surface area (Å²) in [6, 6.07) is -2.76. The van der Waals surface area contributed by atoms with E-state index in [-0.39, 0.29) is 26.1 Å². The number of amides is 5. The van der Waals surface area contributed by atoms with Gasteiger partial charge < -0.3 is 16.0 Å². The van der Waals surface area contributed by atoms with Gasteiger partial charge in [0.1, 0.15) is 6.04 Å². The van der Waals surface area contributed by atoms with Gasteiger partial charge in [0.2, 0.25) is 0 Å². The van der Waals surface area contributed by atoms with E-state index in [2.05, 4.69) is 15.1 Å². The molecule has 0 saturated carbocycles. The molecule has 0 aliphatic heterocycles. The van der Waals surface area contributed by atoms with Crippen molar-refractivity contribution < 1.29 is 36.5 Å². The Hall–Kier alpha value is -2.16. The maximum atomic E-state index is 12.2. The van der Waals surface area contributed by atoms with Crippen molar-refractivity contribution in [2.24, 2.45) is 5.73 Å². The van der Waals surface area contributed by atoms with Crippen LogP contribution >= 0.6 is 0 Å². The van der Waals surface area contributed by atoms with Crippen LogP contribution in [0.3, 0.4) is 0 Å². The Bertz CT molecular complexity index is 555. The molecule has 146 valence electrons. The molecule has 0 radical (unpaired) electrons. The normalized spacial score (nSPS) is 12.1. The average Bonchev–Trinajstić information content (AvgIpc) is 2.51. The van der Waals surface area contributed by atoms with E-state index in [1.54, 1.807) is 13.8 Å². The van der Waals surface area contributed by atoms with Crippen molar-refractivity contribution in [1.82, 2.24) is 21.2 Å².